The summed E-state index contributed by atoms with van der Waals surface area (Å²) in [7, 11) is 0. The Morgan fingerprint density at radius 2 is 1.44 bits per heavy atom. The van der Waals surface area contributed by atoms with E-state index < -0.39 is 0 Å². The maximum Gasteiger partial charge on any atom is 0.263 e. The molecule has 4 rings (SSSR count). The first-order valence-corrected chi connectivity index (χ1v) is 9.13. The number of halogens is 1. The summed E-state index contributed by atoms with van der Waals surface area (Å²) in [5, 5.41) is 0.569. The highest BCUT2D eigenvalue weighted by molar-refractivity contribution is 6.32. The molecule has 3 aromatic rings. The second-order valence-electron chi connectivity index (χ2n) is 6.27. The topological polar surface area (TPSA) is 38.3 Å². The van der Waals surface area contributed by atoms with E-state index in [-0.39, 0.29) is 0 Å². The summed E-state index contributed by atoms with van der Waals surface area (Å²) in [4.78, 5) is 11.9. The monoisotopic (exact) mass is 353 g/mol. The zero-order valence-electron chi connectivity index (χ0n) is 14.0. The van der Waals surface area contributed by atoms with Crippen LogP contribution in [0.15, 0.2) is 48.5 Å². The molecule has 128 valence electrons. The molecule has 0 bridgehead atoms. The number of hydrogen-bond acceptors (Lipinski definition) is 4. The maximum absolute atomic E-state index is 6.27. The number of nitrogens with zero attached hydrogens (tertiary/aromatic N) is 3. The largest absolute Gasteiger partial charge is 0.434 e. The normalized spacial score (nSPS) is 15.2. The quantitative estimate of drug-likeness (QED) is 0.627. The molecule has 0 amide bonds. The van der Waals surface area contributed by atoms with Crippen molar-refractivity contribution in [1.82, 2.24) is 9.97 Å². The second-order valence-corrected chi connectivity index (χ2v) is 6.68. The van der Waals surface area contributed by atoms with Crippen molar-refractivity contribution in [3.8, 4) is 11.6 Å². The van der Waals surface area contributed by atoms with Crippen molar-refractivity contribution >= 4 is 28.5 Å². The second kappa shape index (κ2) is 7.28. The molecule has 0 aliphatic carbocycles. The highest BCUT2D eigenvalue weighted by Gasteiger charge is 2.19. The zero-order chi connectivity index (χ0) is 17.1. The van der Waals surface area contributed by atoms with Gasteiger partial charge in [0.25, 0.3) is 5.88 Å². The van der Waals surface area contributed by atoms with Gasteiger partial charge >= 0.3 is 0 Å². The molecule has 1 aliphatic rings. The lowest BCUT2D eigenvalue weighted by Crippen LogP contribution is -2.25. The van der Waals surface area contributed by atoms with E-state index in [9.17, 15) is 0 Å². The molecule has 0 saturated carbocycles. The van der Waals surface area contributed by atoms with Gasteiger partial charge in [-0.1, -0.05) is 48.7 Å². The lowest BCUT2D eigenvalue weighted by atomic mass is 10.2. The fourth-order valence-corrected chi connectivity index (χ4v) is 3.34. The Hall–Kier alpha value is -2.33. The number of anilines is 1. The molecule has 1 fully saturated rings. The van der Waals surface area contributed by atoms with E-state index in [0.717, 1.165) is 29.9 Å². The standard InChI is InChI=1S/C20H20ClN3O/c21-15-9-3-6-12-18(15)25-20-19(24-13-7-1-2-8-14-24)22-16-10-4-5-11-17(16)23-20/h3-6,9-12H,1-2,7-8,13-14H2. The van der Waals surface area contributed by atoms with Crippen LogP contribution in [0.3, 0.4) is 0 Å². The summed E-state index contributed by atoms with van der Waals surface area (Å²) in [6.07, 6.45) is 4.86. The van der Waals surface area contributed by atoms with Gasteiger partial charge in [-0.05, 0) is 37.1 Å². The average molecular weight is 354 g/mol. The molecule has 0 spiro atoms. The highest BCUT2D eigenvalue weighted by atomic mass is 35.5. The smallest absolute Gasteiger partial charge is 0.263 e. The summed E-state index contributed by atoms with van der Waals surface area (Å²) >= 11 is 6.27. The van der Waals surface area contributed by atoms with Crippen LogP contribution in [-0.2, 0) is 0 Å². The SMILES string of the molecule is Clc1ccccc1Oc1nc2ccccc2nc1N1CCCCCC1. The first kappa shape index (κ1) is 16.2. The van der Waals surface area contributed by atoms with Crippen molar-refractivity contribution in [2.75, 3.05) is 18.0 Å². The molecular weight excluding hydrogens is 334 g/mol. The molecule has 1 aromatic heterocycles. The van der Waals surface area contributed by atoms with Crippen molar-refractivity contribution in [3.05, 3.63) is 53.6 Å². The molecule has 0 N–H and O–H groups in total. The Bertz CT molecular complexity index is 876. The van der Waals surface area contributed by atoms with Crippen LogP contribution in [0.25, 0.3) is 11.0 Å². The van der Waals surface area contributed by atoms with Crippen molar-refractivity contribution < 1.29 is 4.74 Å². The van der Waals surface area contributed by atoms with Gasteiger partial charge < -0.3 is 9.64 Å². The van der Waals surface area contributed by atoms with E-state index >= 15 is 0 Å². The molecule has 2 heterocycles. The van der Waals surface area contributed by atoms with Crippen LogP contribution in [0.1, 0.15) is 25.7 Å². The number of benzene rings is 2. The lowest BCUT2D eigenvalue weighted by Gasteiger charge is -2.23. The van der Waals surface area contributed by atoms with Gasteiger partial charge in [0, 0.05) is 13.1 Å². The van der Waals surface area contributed by atoms with Crippen LogP contribution in [0.4, 0.5) is 5.82 Å². The van der Waals surface area contributed by atoms with Gasteiger partial charge in [0.15, 0.2) is 5.82 Å². The number of rotatable bonds is 3. The molecular formula is C20H20ClN3O. The van der Waals surface area contributed by atoms with Crippen LogP contribution >= 0.6 is 11.6 Å². The first-order valence-electron chi connectivity index (χ1n) is 8.75. The fraction of sp³-hybridized carbons (Fsp3) is 0.300. The zero-order valence-corrected chi connectivity index (χ0v) is 14.7. The summed E-state index contributed by atoms with van der Waals surface area (Å²) in [6, 6.07) is 15.3. The van der Waals surface area contributed by atoms with Gasteiger partial charge in [0.05, 0.1) is 16.1 Å². The van der Waals surface area contributed by atoms with Gasteiger partial charge in [0.2, 0.25) is 0 Å². The van der Waals surface area contributed by atoms with Crippen LogP contribution in [0.2, 0.25) is 5.02 Å². The van der Waals surface area contributed by atoms with E-state index in [1.54, 1.807) is 0 Å². The predicted molar refractivity (Wildman–Crippen MR) is 102 cm³/mol. The van der Waals surface area contributed by atoms with Crippen LogP contribution in [0.5, 0.6) is 11.6 Å². The van der Waals surface area contributed by atoms with E-state index in [1.807, 2.05) is 48.5 Å². The average Bonchev–Trinajstić information content (AvgIpc) is 2.92. The third kappa shape index (κ3) is 3.54. The minimum absolute atomic E-state index is 0.522. The molecule has 0 atom stereocenters. The molecule has 25 heavy (non-hydrogen) atoms. The maximum atomic E-state index is 6.27. The number of para-hydroxylation sites is 3. The Balaban J connectivity index is 1.79. The minimum Gasteiger partial charge on any atom is -0.434 e. The number of fused-ring (bicyclic) bond motifs is 1. The number of ether oxygens (including phenoxy) is 1. The van der Waals surface area contributed by atoms with Gasteiger partial charge in [-0.2, -0.15) is 0 Å². The molecule has 2 aromatic carbocycles. The molecule has 5 heteroatoms. The van der Waals surface area contributed by atoms with Gasteiger partial charge in [-0.25, -0.2) is 9.97 Å². The minimum atomic E-state index is 0.522. The third-order valence-electron chi connectivity index (χ3n) is 4.47. The number of hydrogen-bond donors (Lipinski definition) is 0. The molecule has 1 saturated heterocycles. The summed E-state index contributed by atoms with van der Waals surface area (Å²) in [5.74, 6) is 1.93. The van der Waals surface area contributed by atoms with Gasteiger partial charge in [-0.3, -0.25) is 0 Å². The first-order chi connectivity index (χ1) is 12.3. The van der Waals surface area contributed by atoms with Crippen molar-refractivity contribution in [1.29, 1.82) is 0 Å². The third-order valence-corrected chi connectivity index (χ3v) is 4.78. The molecule has 0 unspecified atom stereocenters. The Kier molecular flexibility index (Phi) is 4.70. The van der Waals surface area contributed by atoms with E-state index in [2.05, 4.69) is 4.90 Å². The summed E-state index contributed by atoms with van der Waals surface area (Å²) < 4.78 is 6.10. The fourth-order valence-electron chi connectivity index (χ4n) is 3.16. The van der Waals surface area contributed by atoms with Crippen molar-refractivity contribution in [2.45, 2.75) is 25.7 Å². The Labute approximate surface area is 152 Å². The van der Waals surface area contributed by atoms with Crippen molar-refractivity contribution in [2.24, 2.45) is 0 Å². The van der Waals surface area contributed by atoms with Crippen molar-refractivity contribution in [3.63, 3.8) is 0 Å². The van der Waals surface area contributed by atoms with Crippen LogP contribution in [0, 0.1) is 0 Å². The number of aromatic nitrogens is 2. The Morgan fingerprint density at radius 1 is 0.800 bits per heavy atom. The lowest BCUT2D eigenvalue weighted by molar-refractivity contribution is 0.461. The van der Waals surface area contributed by atoms with Crippen LogP contribution in [-0.4, -0.2) is 23.1 Å². The molecule has 0 radical (unpaired) electrons. The Morgan fingerprint density at radius 3 is 2.16 bits per heavy atom. The predicted octanol–water partition coefficient (Wildman–Crippen LogP) is 5.46. The summed E-state index contributed by atoms with van der Waals surface area (Å²) in [5.41, 5.74) is 1.70. The van der Waals surface area contributed by atoms with E-state index in [4.69, 9.17) is 26.3 Å². The van der Waals surface area contributed by atoms with E-state index in [0.29, 0.717) is 16.7 Å². The molecule has 1 aliphatic heterocycles. The molecule has 4 nitrogen and oxygen atoms in total. The van der Waals surface area contributed by atoms with Gasteiger partial charge in [-0.15, -0.1) is 0 Å². The summed E-state index contributed by atoms with van der Waals surface area (Å²) in [6.45, 7) is 1.96. The van der Waals surface area contributed by atoms with Gasteiger partial charge in [0.1, 0.15) is 5.75 Å². The van der Waals surface area contributed by atoms with Crippen LogP contribution < -0.4 is 9.64 Å². The highest BCUT2D eigenvalue weighted by Crippen LogP contribution is 2.35. The van der Waals surface area contributed by atoms with E-state index in [1.165, 1.54) is 25.7 Å².